The fourth-order valence-electron chi connectivity index (χ4n) is 1.53. The fraction of sp³-hybridized carbons (Fsp3) is 0.583. The minimum atomic E-state index is -0.206. The Balaban J connectivity index is 2.78. The fourth-order valence-corrected chi connectivity index (χ4v) is 1.53. The van der Waals surface area contributed by atoms with Gasteiger partial charge in [0.2, 0.25) is 0 Å². The van der Waals surface area contributed by atoms with Gasteiger partial charge < -0.3 is 4.74 Å². The van der Waals surface area contributed by atoms with Gasteiger partial charge in [-0.05, 0) is 38.8 Å². The molecule has 1 unspecified atom stereocenters. The standard InChI is InChI=1S/C12H21N3O/c1-9-5-6-10(8-14-9)11(15-13)7-12(2,3)16-4/h5-6,8,11,15H,7,13H2,1-4H3. The summed E-state index contributed by atoms with van der Waals surface area (Å²) in [4.78, 5) is 4.27. The summed E-state index contributed by atoms with van der Waals surface area (Å²) in [5, 5.41) is 0. The monoisotopic (exact) mass is 223 g/mol. The van der Waals surface area contributed by atoms with E-state index in [-0.39, 0.29) is 11.6 Å². The molecule has 0 spiro atoms. The molecule has 1 aromatic heterocycles. The van der Waals surface area contributed by atoms with E-state index in [2.05, 4.69) is 10.4 Å². The van der Waals surface area contributed by atoms with Crippen molar-refractivity contribution in [1.82, 2.24) is 10.4 Å². The Morgan fingerprint density at radius 3 is 2.62 bits per heavy atom. The lowest BCUT2D eigenvalue weighted by molar-refractivity contribution is 0.00679. The van der Waals surface area contributed by atoms with Crippen molar-refractivity contribution < 1.29 is 4.74 Å². The molecule has 16 heavy (non-hydrogen) atoms. The van der Waals surface area contributed by atoms with Gasteiger partial charge >= 0.3 is 0 Å². The number of hydrogen-bond donors (Lipinski definition) is 2. The molecule has 1 heterocycles. The zero-order valence-corrected chi connectivity index (χ0v) is 10.4. The van der Waals surface area contributed by atoms with Crippen LogP contribution < -0.4 is 11.3 Å². The number of hydrazine groups is 1. The summed E-state index contributed by atoms with van der Waals surface area (Å²) < 4.78 is 5.40. The molecule has 3 N–H and O–H groups in total. The second kappa shape index (κ2) is 5.39. The van der Waals surface area contributed by atoms with Crippen LogP contribution in [0.2, 0.25) is 0 Å². The number of pyridine rings is 1. The Hall–Kier alpha value is -0.970. The van der Waals surface area contributed by atoms with Crippen molar-refractivity contribution in [2.24, 2.45) is 5.84 Å². The largest absolute Gasteiger partial charge is 0.379 e. The summed E-state index contributed by atoms with van der Waals surface area (Å²) in [6.07, 6.45) is 2.65. The first-order chi connectivity index (χ1) is 7.48. The zero-order chi connectivity index (χ0) is 12.2. The minimum absolute atomic E-state index is 0.0584. The van der Waals surface area contributed by atoms with Gasteiger partial charge in [-0.2, -0.15) is 0 Å². The van der Waals surface area contributed by atoms with Gasteiger partial charge in [0, 0.05) is 19.0 Å². The maximum Gasteiger partial charge on any atom is 0.0641 e. The Labute approximate surface area is 97.2 Å². The predicted octanol–water partition coefficient (Wildman–Crippen LogP) is 1.71. The van der Waals surface area contributed by atoms with Crippen LogP contribution >= 0.6 is 0 Å². The van der Waals surface area contributed by atoms with E-state index in [9.17, 15) is 0 Å². The summed E-state index contributed by atoms with van der Waals surface area (Å²) in [5.41, 5.74) is 4.69. The molecule has 0 aromatic carbocycles. The van der Waals surface area contributed by atoms with Crippen molar-refractivity contribution in [2.75, 3.05) is 7.11 Å². The molecule has 1 rings (SSSR count). The number of methoxy groups -OCH3 is 1. The molecule has 0 amide bonds. The van der Waals surface area contributed by atoms with Crippen molar-refractivity contribution in [3.05, 3.63) is 29.6 Å². The van der Waals surface area contributed by atoms with Crippen LogP contribution in [0, 0.1) is 6.92 Å². The van der Waals surface area contributed by atoms with Crippen LogP contribution in [0.5, 0.6) is 0 Å². The smallest absolute Gasteiger partial charge is 0.0641 e. The van der Waals surface area contributed by atoms with E-state index in [1.807, 2.05) is 39.1 Å². The summed E-state index contributed by atoms with van der Waals surface area (Å²) in [6.45, 7) is 6.05. The first-order valence-corrected chi connectivity index (χ1v) is 5.42. The molecule has 0 radical (unpaired) electrons. The van der Waals surface area contributed by atoms with Gasteiger partial charge in [-0.1, -0.05) is 6.07 Å². The van der Waals surface area contributed by atoms with E-state index in [0.29, 0.717) is 0 Å². The lowest BCUT2D eigenvalue weighted by Crippen LogP contribution is -2.35. The number of aryl methyl sites for hydroxylation is 1. The number of hydrogen-bond acceptors (Lipinski definition) is 4. The SMILES string of the molecule is COC(C)(C)CC(NN)c1ccc(C)nc1. The van der Waals surface area contributed by atoms with Crippen LogP contribution in [0.4, 0.5) is 0 Å². The average Bonchev–Trinajstić information content (AvgIpc) is 2.27. The van der Waals surface area contributed by atoms with E-state index < -0.39 is 0 Å². The molecule has 4 heteroatoms. The molecule has 1 aromatic rings. The summed E-state index contributed by atoms with van der Waals surface area (Å²) >= 11 is 0. The zero-order valence-electron chi connectivity index (χ0n) is 10.4. The third-order valence-electron chi connectivity index (χ3n) is 2.79. The molecule has 90 valence electrons. The first-order valence-electron chi connectivity index (χ1n) is 5.42. The Morgan fingerprint density at radius 1 is 1.50 bits per heavy atom. The maximum atomic E-state index is 5.57. The van der Waals surface area contributed by atoms with Crippen molar-refractivity contribution in [1.29, 1.82) is 0 Å². The van der Waals surface area contributed by atoms with E-state index in [4.69, 9.17) is 10.6 Å². The van der Waals surface area contributed by atoms with Crippen molar-refractivity contribution >= 4 is 0 Å². The maximum absolute atomic E-state index is 5.57. The van der Waals surface area contributed by atoms with Crippen LogP contribution in [-0.2, 0) is 4.74 Å². The van der Waals surface area contributed by atoms with Gasteiger partial charge in [-0.3, -0.25) is 16.3 Å². The number of nitrogens with two attached hydrogens (primary N) is 1. The van der Waals surface area contributed by atoms with Gasteiger partial charge in [0.15, 0.2) is 0 Å². The van der Waals surface area contributed by atoms with Crippen LogP contribution in [0.25, 0.3) is 0 Å². The number of aromatic nitrogens is 1. The topological polar surface area (TPSA) is 60.2 Å². The molecule has 0 aliphatic heterocycles. The third-order valence-corrected chi connectivity index (χ3v) is 2.79. The normalized spacial score (nSPS) is 13.8. The third kappa shape index (κ3) is 3.56. The summed E-state index contributed by atoms with van der Waals surface area (Å²) in [6, 6.07) is 4.08. The lowest BCUT2D eigenvalue weighted by Gasteiger charge is -2.28. The molecule has 0 aliphatic rings. The highest BCUT2D eigenvalue weighted by Crippen LogP contribution is 2.24. The second-order valence-corrected chi connectivity index (χ2v) is 4.62. The minimum Gasteiger partial charge on any atom is -0.379 e. The Kier molecular flexibility index (Phi) is 4.41. The van der Waals surface area contributed by atoms with Crippen LogP contribution in [-0.4, -0.2) is 17.7 Å². The van der Waals surface area contributed by atoms with E-state index in [0.717, 1.165) is 17.7 Å². The molecular formula is C12H21N3O. The van der Waals surface area contributed by atoms with E-state index >= 15 is 0 Å². The number of rotatable bonds is 5. The predicted molar refractivity (Wildman–Crippen MR) is 64.7 cm³/mol. The Morgan fingerprint density at radius 2 is 2.19 bits per heavy atom. The first kappa shape index (κ1) is 13.1. The van der Waals surface area contributed by atoms with E-state index in [1.54, 1.807) is 7.11 Å². The molecule has 0 fully saturated rings. The number of nitrogens with one attached hydrogen (secondary N) is 1. The highest BCUT2D eigenvalue weighted by molar-refractivity contribution is 5.17. The summed E-state index contributed by atoms with van der Waals surface area (Å²) in [5.74, 6) is 5.57. The van der Waals surface area contributed by atoms with Crippen molar-refractivity contribution in [2.45, 2.75) is 38.8 Å². The van der Waals surface area contributed by atoms with Gasteiger partial charge in [0.1, 0.15) is 0 Å². The van der Waals surface area contributed by atoms with Crippen LogP contribution in [0.15, 0.2) is 18.3 Å². The molecule has 0 bridgehead atoms. The summed E-state index contributed by atoms with van der Waals surface area (Å²) in [7, 11) is 1.71. The average molecular weight is 223 g/mol. The van der Waals surface area contributed by atoms with Gasteiger partial charge in [-0.25, -0.2) is 0 Å². The molecule has 4 nitrogen and oxygen atoms in total. The number of ether oxygens (including phenoxy) is 1. The second-order valence-electron chi connectivity index (χ2n) is 4.62. The van der Waals surface area contributed by atoms with Gasteiger partial charge in [-0.15, -0.1) is 0 Å². The van der Waals surface area contributed by atoms with E-state index in [1.165, 1.54) is 0 Å². The molecule has 0 aliphatic carbocycles. The quantitative estimate of drug-likeness (QED) is 0.589. The highest BCUT2D eigenvalue weighted by Gasteiger charge is 2.23. The van der Waals surface area contributed by atoms with Gasteiger partial charge in [0.05, 0.1) is 11.6 Å². The Bertz CT molecular complexity index is 322. The molecular weight excluding hydrogens is 202 g/mol. The van der Waals surface area contributed by atoms with Crippen LogP contribution in [0.3, 0.4) is 0 Å². The highest BCUT2D eigenvalue weighted by atomic mass is 16.5. The van der Waals surface area contributed by atoms with Crippen molar-refractivity contribution in [3.8, 4) is 0 Å². The van der Waals surface area contributed by atoms with Crippen molar-refractivity contribution in [3.63, 3.8) is 0 Å². The van der Waals surface area contributed by atoms with Gasteiger partial charge in [0.25, 0.3) is 0 Å². The molecule has 0 saturated heterocycles. The molecule has 1 atom stereocenters. The lowest BCUT2D eigenvalue weighted by atomic mass is 9.95. The van der Waals surface area contributed by atoms with Crippen LogP contribution in [0.1, 0.15) is 37.6 Å². The molecule has 0 saturated carbocycles. The number of nitrogens with zero attached hydrogens (tertiary/aromatic N) is 1.